The Balaban J connectivity index is 1.85. The molecule has 4 nitrogen and oxygen atoms in total. The van der Waals surface area contributed by atoms with Crippen molar-refractivity contribution in [1.29, 1.82) is 0 Å². The highest BCUT2D eigenvalue weighted by molar-refractivity contribution is 6.10. The molecule has 0 aliphatic carbocycles. The van der Waals surface area contributed by atoms with E-state index in [0.29, 0.717) is 11.0 Å². The molecular weight excluding hydrogens is 321 g/mol. The third-order valence-electron chi connectivity index (χ3n) is 4.01. The van der Waals surface area contributed by atoms with E-state index in [1.165, 1.54) is 24.3 Å². The Kier molecular flexibility index (Phi) is 3.54. The number of halogens is 1. The first-order chi connectivity index (χ1) is 12.1. The lowest BCUT2D eigenvalue weighted by atomic mass is 10.0. The molecule has 0 atom stereocenters. The number of fused-ring (bicyclic) bond motifs is 3. The fourth-order valence-corrected chi connectivity index (χ4v) is 2.78. The zero-order chi connectivity index (χ0) is 17.4. The highest BCUT2D eigenvalue weighted by atomic mass is 19.1. The SMILES string of the molecule is O=C(Nc1ccccc1F)c1cc2c(ccc3ccccc32)oc1=O. The largest absolute Gasteiger partial charge is 0.422 e. The second-order valence-corrected chi connectivity index (χ2v) is 5.58. The summed E-state index contributed by atoms with van der Waals surface area (Å²) < 4.78 is 19.0. The number of rotatable bonds is 2. The lowest BCUT2D eigenvalue weighted by Crippen LogP contribution is -2.21. The van der Waals surface area contributed by atoms with Crippen molar-refractivity contribution >= 4 is 33.3 Å². The van der Waals surface area contributed by atoms with Gasteiger partial charge in [-0.3, -0.25) is 4.79 Å². The van der Waals surface area contributed by atoms with Crippen molar-refractivity contribution in [2.75, 3.05) is 5.32 Å². The van der Waals surface area contributed by atoms with Crippen molar-refractivity contribution in [3.05, 3.63) is 88.5 Å². The molecule has 0 fully saturated rings. The summed E-state index contributed by atoms with van der Waals surface area (Å²) in [7, 11) is 0. The molecule has 1 aromatic heterocycles. The molecule has 0 bridgehead atoms. The van der Waals surface area contributed by atoms with Gasteiger partial charge < -0.3 is 9.73 Å². The van der Waals surface area contributed by atoms with Crippen molar-refractivity contribution in [2.45, 2.75) is 0 Å². The van der Waals surface area contributed by atoms with Crippen LogP contribution in [0.25, 0.3) is 21.7 Å². The molecular formula is C20H12FNO3. The van der Waals surface area contributed by atoms with Crippen molar-refractivity contribution in [1.82, 2.24) is 0 Å². The van der Waals surface area contributed by atoms with Crippen LogP contribution in [0.15, 0.2) is 75.9 Å². The lowest BCUT2D eigenvalue weighted by molar-refractivity contribution is 0.102. The summed E-state index contributed by atoms with van der Waals surface area (Å²) in [6.45, 7) is 0. The van der Waals surface area contributed by atoms with Gasteiger partial charge in [0.15, 0.2) is 0 Å². The maximum atomic E-state index is 13.7. The van der Waals surface area contributed by atoms with E-state index in [4.69, 9.17) is 4.42 Å². The van der Waals surface area contributed by atoms with E-state index in [9.17, 15) is 14.0 Å². The molecule has 4 aromatic rings. The number of hydrogen-bond donors (Lipinski definition) is 1. The van der Waals surface area contributed by atoms with Gasteiger partial charge in [-0.2, -0.15) is 0 Å². The van der Waals surface area contributed by atoms with Crippen LogP contribution < -0.4 is 10.9 Å². The number of carbonyl (C=O) groups is 1. The third kappa shape index (κ3) is 2.65. The summed E-state index contributed by atoms with van der Waals surface area (Å²) in [5.74, 6) is -1.29. The number of hydrogen-bond acceptors (Lipinski definition) is 3. The van der Waals surface area contributed by atoms with Gasteiger partial charge in [-0.15, -0.1) is 0 Å². The highest BCUT2D eigenvalue weighted by Crippen LogP contribution is 2.25. The summed E-state index contributed by atoms with van der Waals surface area (Å²) in [6, 6.07) is 18.4. The number of benzene rings is 3. The maximum absolute atomic E-state index is 13.7. The van der Waals surface area contributed by atoms with Gasteiger partial charge in [-0.1, -0.05) is 42.5 Å². The number of para-hydroxylation sites is 1. The minimum atomic E-state index is -0.767. The van der Waals surface area contributed by atoms with Crippen LogP contribution >= 0.6 is 0 Å². The summed E-state index contributed by atoms with van der Waals surface area (Å²) in [5, 5.41) is 4.88. The van der Waals surface area contributed by atoms with E-state index < -0.39 is 17.3 Å². The maximum Gasteiger partial charge on any atom is 0.349 e. The van der Waals surface area contributed by atoms with Crippen molar-refractivity contribution in [3.63, 3.8) is 0 Å². The minimum Gasteiger partial charge on any atom is -0.422 e. The smallest absolute Gasteiger partial charge is 0.349 e. The van der Waals surface area contributed by atoms with Gasteiger partial charge in [0.2, 0.25) is 0 Å². The summed E-state index contributed by atoms with van der Waals surface area (Å²) >= 11 is 0. The predicted molar refractivity (Wildman–Crippen MR) is 94.3 cm³/mol. The molecule has 0 saturated heterocycles. The van der Waals surface area contributed by atoms with Crippen molar-refractivity contribution < 1.29 is 13.6 Å². The average Bonchev–Trinajstić information content (AvgIpc) is 2.62. The first-order valence-electron chi connectivity index (χ1n) is 7.65. The molecule has 4 rings (SSSR count). The average molecular weight is 333 g/mol. The Labute approximate surface area is 141 Å². The Morgan fingerprint density at radius 3 is 2.52 bits per heavy atom. The summed E-state index contributed by atoms with van der Waals surface area (Å²) in [5.41, 5.74) is -0.542. The zero-order valence-electron chi connectivity index (χ0n) is 13.0. The van der Waals surface area contributed by atoms with E-state index in [1.807, 2.05) is 30.3 Å². The molecule has 122 valence electrons. The minimum absolute atomic E-state index is 0.00455. The Hall–Kier alpha value is -3.47. The molecule has 0 radical (unpaired) electrons. The molecule has 1 amide bonds. The van der Waals surface area contributed by atoms with Crippen LogP contribution in [0.1, 0.15) is 10.4 Å². The van der Waals surface area contributed by atoms with Crippen LogP contribution in [-0.2, 0) is 0 Å². The number of carbonyl (C=O) groups excluding carboxylic acids is 1. The molecule has 1 heterocycles. The highest BCUT2D eigenvalue weighted by Gasteiger charge is 2.16. The Morgan fingerprint density at radius 2 is 1.68 bits per heavy atom. The quantitative estimate of drug-likeness (QED) is 0.438. The van der Waals surface area contributed by atoms with Gasteiger partial charge in [-0.25, -0.2) is 9.18 Å². The van der Waals surface area contributed by atoms with Crippen LogP contribution in [0.2, 0.25) is 0 Å². The summed E-state index contributed by atoms with van der Waals surface area (Å²) in [6.07, 6.45) is 0. The molecule has 0 saturated carbocycles. The number of nitrogens with one attached hydrogen (secondary N) is 1. The van der Waals surface area contributed by atoms with E-state index in [1.54, 1.807) is 12.1 Å². The van der Waals surface area contributed by atoms with Gasteiger partial charge in [0, 0.05) is 5.39 Å². The van der Waals surface area contributed by atoms with Crippen LogP contribution in [0.5, 0.6) is 0 Å². The van der Waals surface area contributed by atoms with Crippen LogP contribution in [0.3, 0.4) is 0 Å². The first kappa shape index (κ1) is 15.1. The van der Waals surface area contributed by atoms with Gasteiger partial charge in [0.1, 0.15) is 17.0 Å². The normalized spacial score (nSPS) is 10.9. The van der Waals surface area contributed by atoms with Crippen molar-refractivity contribution in [2.24, 2.45) is 0 Å². The Morgan fingerprint density at radius 1 is 0.920 bits per heavy atom. The van der Waals surface area contributed by atoms with Gasteiger partial charge in [-0.05, 0) is 35.0 Å². The lowest BCUT2D eigenvalue weighted by Gasteiger charge is -2.07. The van der Waals surface area contributed by atoms with Gasteiger partial charge >= 0.3 is 5.63 Å². The second kappa shape index (κ2) is 5.87. The zero-order valence-corrected chi connectivity index (χ0v) is 13.0. The second-order valence-electron chi connectivity index (χ2n) is 5.58. The van der Waals surface area contributed by atoms with E-state index in [2.05, 4.69) is 5.32 Å². The molecule has 0 aliphatic rings. The molecule has 0 aliphatic heterocycles. The molecule has 0 spiro atoms. The molecule has 3 aromatic carbocycles. The Bertz CT molecular complexity index is 1180. The van der Waals surface area contributed by atoms with Crippen LogP contribution in [0.4, 0.5) is 10.1 Å². The van der Waals surface area contributed by atoms with Crippen molar-refractivity contribution in [3.8, 4) is 0 Å². The number of anilines is 1. The first-order valence-corrected chi connectivity index (χ1v) is 7.65. The van der Waals surface area contributed by atoms with Gasteiger partial charge in [0.05, 0.1) is 5.69 Å². The summed E-state index contributed by atoms with van der Waals surface area (Å²) in [4.78, 5) is 24.6. The number of amides is 1. The molecule has 1 N–H and O–H groups in total. The standard InChI is InChI=1S/C20H12FNO3/c21-16-7-3-4-8-17(16)22-19(23)15-11-14-13-6-2-1-5-12(13)9-10-18(14)25-20(15)24/h1-11H,(H,22,23). The molecule has 25 heavy (non-hydrogen) atoms. The van der Waals surface area contributed by atoms with Gasteiger partial charge in [0.25, 0.3) is 5.91 Å². The van der Waals surface area contributed by atoms with Crippen LogP contribution in [0, 0.1) is 5.82 Å². The van der Waals surface area contributed by atoms with E-state index >= 15 is 0 Å². The van der Waals surface area contributed by atoms with E-state index in [-0.39, 0.29) is 11.3 Å². The van der Waals surface area contributed by atoms with Crippen LogP contribution in [-0.4, -0.2) is 5.91 Å². The fourth-order valence-electron chi connectivity index (χ4n) is 2.78. The molecule has 5 heteroatoms. The predicted octanol–water partition coefficient (Wildman–Crippen LogP) is 4.34. The molecule has 0 unspecified atom stereocenters. The topological polar surface area (TPSA) is 59.3 Å². The van der Waals surface area contributed by atoms with E-state index in [0.717, 1.165) is 10.8 Å². The fraction of sp³-hybridized carbons (Fsp3) is 0. The monoisotopic (exact) mass is 333 g/mol. The third-order valence-corrected chi connectivity index (χ3v) is 4.01.